The fourth-order valence-electron chi connectivity index (χ4n) is 0. The van der Waals surface area contributed by atoms with Crippen molar-refractivity contribution in [2.75, 3.05) is 14.1 Å². The van der Waals surface area contributed by atoms with Crippen molar-refractivity contribution in [1.82, 2.24) is 0 Å². The molecule has 0 spiro atoms. The van der Waals surface area contributed by atoms with Gasteiger partial charge in [-0.25, -0.2) is 0 Å². The predicted octanol–water partition coefficient (Wildman–Crippen LogP) is 4.67. The molecule has 0 atom stereocenters. The number of hydrogen-bond acceptors (Lipinski definition) is 2. The van der Waals surface area contributed by atoms with Gasteiger partial charge in [0.2, 0.25) is 0 Å². The molecule has 0 saturated carbocycles. The lowest BCUT2D eigenvalue weighted by Gasteiger charge is -1.68. The molecule has 4 N–H and O–H groups in total. The van der Waals surface area contributed by atoms with Crippen LogP contribution in [0.5, 0.6) is 0 Å². The van der Waals surface area contributed by atoms with Crippen LogP contribution in [-0.4, -0.2) is 14.1 Å². The molecule has 0 aromatic heterocycles. The maximum Gasteiger partial charge on any atom is -0.0195 e. The zero-order valence-electron chi connectivity index (χ0n) is 11.3. The average molecular weight is 226 g/mol. The topological polar surface area (TPSA) is 52.0 Å². The highest BCUT2D eigenvalue weighted by molar-refractivity contribution is 4.12. The summed E-state index contributed by atoms with van der Waals surface area (Å²) in [4.78, 5) is 0. The summed E-state index contributed by atoms with van der Waals surface area (Å²) in [6.07, 6.45) is 3.89. The van der Waals surface area contributed by atoms with Gasteiger partial charge in [-0.1, -0.05) is 75.7 Å². The Morgan fingerprint density at radius 3 is 0.667 bits per heavy atom. The van der Waals surface area contributed by atoms with Gasteiger partial charge < -0.3 is 11.5 Å². The van der Waals surface area contributed by atoms with Crippen LogP contribution in [0.4, 0.5) is 0 Å². The first-order valence-corrected chi connectivity index (χ1v) is 5.48. The van der Waals surface area contributed by atoms with Gasteiger partial charge in [-0.15, -0.1) is 0 Å². The Bertz CT molecular complexity index is 16.0. The SMILES string of the molecule is C.C.CC.CCC.CCCC.CN.CN. The van der Waals surface area contributed by atoms with E-state index >= 15 is 0 Å². The number of unbranched alkanes of at least 4 members (excludes halogenated alkanes) is 1. The largest absolute Gasteiger partial charge is 0.333 e. The first-order chi connectivity index (χ1) is 6.33. The van der Waals surface area contributed by atoms with E-state index in [1.807, 2.05) is 13.8 Å². The van der Waals surface area contributed by atoms with E-state index in [4.69, 9.17) is 0 Å². The van der Waals surface area contributed by atoms with Crippen molar-refractivity contribution >= 4 is 0 Å². The highest BCUT2D eigenvalue weighted by Crippen LogP contribution is 1.76. The van der Waals surface area contributed by atoms with E-state index in [2.05, 4.69) is 39.2 Å². The summed E-state index contributed by atoms with van der Waals surface area (Å²) in [6, 6.07) is 0. The number of rotatable bonds is 1. The molecule has 0 saturated heterocycles. The summed E-state index contributed by atoms with van der Waals surface area (Å²) in [5.74, 6) is 0. The Hall–Kier alpha value is -0.0800. The van der Waals surface area contributed by atoms with Crippen LogP contribution in [0.1, 0.15) is 75.7 Å². The third kappa shape index (κ3) is 2340. The molecule has 15 heavy (non-hydrogen) atoms. The van der Waals surface area contributed by atoms with Crippen LogP contribution < -0.4 is 11.5 Å². The second-order valence-corrected chi connectivity index (χ2v) is 1.71. The molecule has 0 fully saturated rings. The van der Waals surface area contributed by atoms with Crippen molar-refractivity contribution in [3.63, 3.8) is 0 Å². The Kier molecular flexibility index (Phi) is 837. The molecule has 0 unspecified atom stereocenters. The minimum absolute atomic E-state index is 0. The smallest absolute Gasteiger partial charge is 0.0195 e. The minimum Gasteiger partial charge on any atom is -0.333 e. The van der Waals surface area contributed by atoms with Gasteiger partial charge in [-0.3, -0.25) is 0 Å². The van der Waals surface area contributed by atoms with Gasteiger partial charge in [0, 0.05) is 0 Å². The Morgan fingerprint density at radius 2 is 0.667 bits per heavy atom. The lowest BCUT2D eigenvalue weighted by atomic mass is 10.4. The van der Waals surface area contributed by atoms with E-state index in [0.717, 1.165) is 0 Å². The summed E-state index contributed by atoms with van der Waals surface area (Å²) in [5, 5.41) is 0. The number of hydrogen-bond donors (Lipinski definition) is 2. The van der Waals surface area contributed by atoms with Gasteiger partial charge in [0.05, 0.1) is 0 Å². The monoisotopic (exact) mass is 226 g/mol. The molecule has 0 rings (SSSR count). The van der Waals surface area contributed by atoms with Gasteiger partial charge in [0.25, 0.3) is 0 Å². The molecule has 0 aromatic carbocycles. The number of nitrogens with two attached hydrogens (primary N) is 2. The fraction of sp³-hybridized carbons (Fsp3) is 1.00. The summed E-state index contributed by atoms with van der Waals surface area (Å²) < 4.78 is 0. The van der Waals surface area contributed by atoms with Crippen LogP contribution >= 0.6 is 0 Å². The van der Waals surface area contributed by atoms with E-state index in [1.54, 1.807) is 0 Å². The van der Waals surface area contributed by atoms with Crippen molar-refractivity contribution in [2.45, 2.75) is 75.7 Å². The van der Waals surface area contributed by atoms with Gasteiger partial charge in [0.15, 0.2) is 0 Å². The molecule has 0 aromatic rings. The van der Waals surface area contributed by atoms with Crippen molar-refractivity contribution in [3.8, 4) is 0 Å². The molecule has 104 valence electrons. The van der Waals surface area contributed by atoms with Gasteiger partial charge in [-0.05, 0) is 14.1 Å². The Morgan fingerprint density at radius 1 is 0.600 bits per heavy atom. The maximum atomic E-state index is 4.50. The molecular weight excluding hydrogens is 184 g/mol. The summed E-state index contributed by atoms with van der Waals surface area (Å²) in [5.41, 5.74) is 9.00. The van der Waals surface area contributed by atoms with Crippen molar-refractivity contribution in [2.24, 2.45) is 11.5 Å². The van der Waals surface area contributed by atoms with Crippen molar-refractivity contribution < 1.29 is 0 Å². The first-order valence-electron chi connectivity index (χ1n) is 5.48. The van der Waals surface area contributed by atoms with E-state index in [9.17, 15) is 0 Å². The minimum atomic E-state index is 0. The third-order valence-corrected chi connectivity index (χ3v) is 0.500. The zero-order chi connectivity index (χ0) is 12.1. The van der Waals surface area contributed by atoms with E-state index < -0.39 is 0 Å². The molecular formula is C13H42N2. The van der Waals surface area contributed by atoms with Gasteiger partial charge in [0.1, 0.15) is 0 Å². The lowest BCUT2D eigenvalue weighted by Crippen LogP contribution is -1.69. The molecule has 0 bridgehead atoms. The summed E-state index contributed by atoms with van der Waals surface area (Å²) in [7, 11) is 3.00. The van der Waals surface area contributed by atoms with Crippen LogP contribution in [0.15, 0.2) is 0 Å². The van der Waals surface area contributed by atoms with E-state index in [0.29, 0.717) is 0 Å². The van der Waals surface area contributed by atoms with Gasteiger partial charge >= 0.3 is 0 Å². The van der Waals surface area contributed by atoms with Crippen LogP contribution in [0.3, 0.4) is 0 Å². The molecule has 0 aliphatic heterocycles. The molecule has 0 heterocycles. The average Bonchev–Trinajstić information content (AvgIpc) is 2.27. The molecule has 0 radical (unpaired) electrons. The summed E-state index contributed by atoms with van der Waals surface area (Å²) in [6.45, 7) is 12.6. The standard InChI is InChI=1S/C4H10.C3H8.C2H6.2CH5N.2CH4/c1-3-4-2;1-3-2;3*1-2;;/h3-4H2,1-2H3;3H2,1-2H3;1-2H3;2*2H2,1H3;2*1H4. The second-order valence-electron chi connectivity index (χ2n) is 1.71. The first kappa shape index (κ1) is 46.1. The third-order valence-electron chi connectivity index (χ3n) is 0.500. The lowest BCUT2D eigenvalue weighted by molar-refractivity contribution is 0.886. The van der Waals surface area contributed by atoms with Crippen LogP contribution in [-0.2, 0) is 0 Å². The van der Waals surface area contributed by atoms with E-state index in [-0.39, 0.29) is 14.9 Å². The van der Waals surface area contributed by atoms with Gasteiger partial charge in [-0.2, -0.15) is 0 Å². The van der Waals surface area contributed by atoms with Crippen LogP contribution in [0.2, 0.25) is 0 Å². The quantitative estimate of drug-likeness (QED) is 0.682. The highest BCUT2D eigenvalue weighted by Gasteiger charge is 1.56. The fourth-order valence-corrected chi connectivity index (χ4v) is 0. The van der Waals surface area contributed by atoms with Crippen LogP contribution in [0, 0.1) is 0 Å². The molecule has 0 aliphatic rings. The highest BCUT2D eigenvalue weighted by atomic mass is 14.4. The maximum absolute atomic E-state index is 4.50. The zero-order valence-corrected chi connectivity index (χ0v) is 11.3. The summed E-state index contributed by atoms with van der Waals surface area (Å²) >= 11 is 0. The molecule has 2 nitrogen and oxygen atoms in total. The normalized spacial score (nSPS) is 4.40. The van der Waals surface area contributed by atoms with Crippen molar-refractivity contribution in [1.29, 1.82) is 0 Å². The van der Waals surface area contributed by atoms with Crippen molar-refractivity contribution in [3.05, 3.63) is 0 Å². The molecule has 2 heteroatoms. The Labute approximate surface area is 102 Å². The predicted molar refractivity (Wildman–Crippen MR) is 81.6 cm³/mol. The molecule has 0 aliphatic carbocycles. The van der Waals surface area contributed by atoms with Crippen LogP contribution in [0.25, 0.3) is 0 Å². The second kappa shape index (κ2) is 273. The Balaban J connectivity index is -0.0000000107. The van der Waals surface area contributed by atoms with E-state index in [1.165, 1.54) is 33.4 Å². The molecule has 0 amide bonds.